The zero-order chi connectivity index (χ0) is 11.8. The number of carbonyl (C=O) groups is 1. The fraction of sp³-hybridized carbons (Fsp3) is 0.583. The van der Waals surface area contributed by atoms with Crippen molar-refractivity contribution >= 4 is 17.3 Å². The molecule has 1 rings (SSSR count). The number of hydrogen-bond donors (Lipinski definition) is 1. The average Bonchev–Trinajstić information content (AvgIpc) is 2.79. The minimum absolute atomic E-state index is 0.170. The molecule has 0 amide bonds. The lowest BCUT2D eigenvalue weighted by atomic mass is 10.3. The number of ether oxygens (including phenoxy) is 1. The van der Waals surface area contributed by atoms with Crippen molar-refractivity contribution in [3.05, 3.63) is 22.4 Å². The Balaban J connectivity index is 2.16. The molecular formula is C12H19NO2S. The van der Waals surface area contributed by atoms with Gasteiger partial charge in [0.05, 0.1) is 13.2 Å². The lowest BCUT2D eigenvalue weighted by molar-refractivity contribution is -0.142. The number of rotatable bonds is 7. The van der Waals surface area contributed by atoms with E-state index in [1.165, 1.54) is 4.88 Å². The van der Waals surface area contributed by atoms with Gasteiger partial charge >= 0.3 is 5.97 Å². The van der Waals surface area contributed by atoms with E-state index in [9.17, 15) is 4.79 Å². The molecule has 0 aliphatic rings. The molecule has 4 heteroatoms. The van der Waals surface area contributed by atoms with E-state index in [1.54, 1.807) is 11.3 Å². The molecule has 1 heterocycles. The van der Waals surface area contributed by atoms with Crippen molar-refractivity contribution in [3.63, 3.8) is 0 Å². The predicted molar refractivity (Wildman–Crippen MR) is 66.6 cm³/mol. The van der Waals surface area contributed by atoms with Gasteiger partial charge in [0.15, 0.2) is 0 Å². The highest BCUT2D eigenvalue weighted by Crippen LogP contribution is 2.17. The Morgan fingerprint density at radius 1 is 1.62 bits per heavy atom. The maximum atomic E-state index is 11.3. The lowest BCUT2D eigenvalue weighted by Gasteiger charge is -2.11. The van der Waals surface area contributed by atoms with E-state index in [-0.39, 0.29) is 18.6 Å². The number of hydrogen-bond acceptors (Lipinski definition) is 4. The van der Waals surface area contributed by atoms with Crippen LogP contribution in [-0.2, 0) is 9.53 Å². The van der Waals surface area contributed by atoms with Gasteiger partial charge in [-0.05, 0) is 24.8 Å². The maximum absolute atomic E-state index is 11.3. The second kappa shape index (κ2) is 7.41. The van der Waals surface area contributed by atoms with Gasteiger partial charge in [-0.15, -0.1) is 11.3 Å². The quantitative estimate of drug-likeness (QED) is 0.589. The molecule has 0 unspecified atom stereocenters. The molecule has 0 aliphatic carbocycles. The first-order valence-electron chi connectivity index (χ1n) is 5.66. The molecule has 1 atom stereocenters. The topological polar surface area (TPSA) is 38.3 Å². The van der Waals surface area contributed by atoms with E-state index in [1.807, 2.05) is 18.4 Å². The Hall–Kier alpha value is -0.870. The second-order valence-corrected chi connectivity index (χ2v) is 4.67. The summed E-state index contributed by atoms with van der Waals surface area (Å²) in [5, 5.41) is 5.18. The van der Waals surface area contributed by atoms with Crippen LogP contribution in [0.4, 0.5) is 0 Å². The van der Waals surface area contributed by atoms with Crippen molar-refractivity contribution in [2.75, 3.05) is 13.2 Å². The van der Waals surface area contributed by atoms with Crippen LogP contribution in [0.15, 0.2) is 17.5 Å². The number of carbonyl (C=O) groups excluding carboxylic acids is 1. The first-order valence-corrected chi connectivity index (χ1v) is 6.54. The van der Waals surface area contributed by atoms with Crippen LogP contribution in [0.2, 0.25) is 0 Å². The Morgan fingerprint density at radius 2 is 2.44 bits per heavy atom. The lowest BCUT2D eigenvalue weighted by Crippen LogP contribution is -2.27. The van der Waals surface area contributed by atoms with E-state index >= 15 is 0 Å². The summed E-state index contributed by atoms with van der Waals surface area (Å²) in [5.41, 5.74) is 0. The third-order valence-corrected chi connectivity index (χ3v) is 3.34. The van der Waals surface area contributed by atoms with Gasteiger partial charge in [-0.2, -0.15) is 0 Å². The van der Waals surface area contributed by atoms with Gasteiger partial charge in [0.25, 0.3) is 0 Å². The SMILES string of the molecule is CCCCOC(=O)CN[C@H](C)c1cccs1. The second-order valence-electron chi connectivity index (χ2n) is 3.69. The van der Waals surface area contributed by atoms with Gasteiger partial charge in [0.2, 0.25) is 0 Å². The Bertz CT molecular complexity index is 298. The molecule has 0 saturated heterocycles. The maximum Gasteiger partial charge on any atom is 0.319 e. The summed E-state index contributed by atoms with van der Waals surface area (Å²) in [7, 11) is 0. The van der Waals surface area contributed by atoms with E-state index in [2.05, 4.69) is 18.3 Å². The van der Waals surface area contributed by atoms with Crippen LogP contribution < -0.4 is 5.32 Å². The van der Waals surface area contributed by atoms with Crippen molar-refractivity contribution in [3.8, 4) is 0 Å². The van der Waals surface area contributed by atoms with E-state index in [0.717, 1.165) is 12.8 Å². The number of nitrogens with one attached hydrogen (secondary N) is 1. The molecule has 0 saturated carbocycles. The van der Waals surface area contributed by atoms with Gasteiger partial charge in [-0.1, -0.05) is 19.4 Å². The summed E-state index contributed by atoms with van der Waals surface area (Å²) in [6.45, 7) is 4.93. The standard InChI is InChI=1S/C12H19NO2S/c1-3-4-7-15-12(14)9-13-10(2)11-6-5-8-16-11/h5-6,8,10,13H,3-4,7,9H2,1-2H3/t10-/m1/s1. The number of thiophene rings is 1. The van der Waals surface area contributed by atoms with Crippen molar-refractivity contribution < 1.29 is 9.53 Å². The minimum Gasteiger partial charge on any atom is -0.465 e. The highest BCUT2D eigenvalue weighted by Gasteiger charge is 2.08. The van der Waals surface area contributed by atoms with Crippen molar-refractivity contribution in [1.29, 1.82) is 0 Å². The summed E-state index contributed by atoms with van der Waals surface area (Å²) in [6.07, 6.45) is 1.98. The van der Waals surface area contributed by atoms with Crippen LogP contribution in [0.25, 0.3) is 0 Å². The number of esters is 1. The van der Waals surface area contributed by atoms with Crippen molar-refractivity contribution in [2.24, 2.45) is 0 Å². The first kappa shape index (κ1) is 13.2. The third kappa shape index (κ3) is 4.77. The molecule has 16 heavy (non-hydrogen) atoms. The molecule has 0 radical (unpaired) electrons. The summed E-state index contributed by atoms with van der Waals surface area (Å²) >= 11 is 1.69. The van der Waals surface area contributed by atoms with Crippen molar-refractivity contribution in [2.45, 2.75) is 32.7 Å². The molecule has 0 fully saturated rings. The van der Waals surface area contributed by atoms with Gasteiger partial charge in [0.1, 0.15) is 0 Å². The molecular weight excluding hydrogens is 222 g/mol. The molecule has 3 nitrogen and oxygen atoms in total. The zero-order valence-electron chi connectivity index (χ0n) is 9.86. The highest BCUT2D eigenvalue weighted by molar-refractivity contribution is 7.10. The summed E-state index contributed by atoms with van der Waals surface area (Å²) in [6, 6.07) is 4.28. The fourth-order valence-corrected chi connectivity index (χ4v) is 2.01. The highest BCUT2D eigenvalue weighted by atomic mass is 32.1. The zero-order valence-corrected chi connectivity index (χ0v) is 10.7. The molecule has 0 spiro atoms. The van der Waals surface area contributed by atoms with E-state index in [4.69, 9.17) is 4.74 Å². The van der Waals surface area contributed by atoms with E-state index in [0.29, 0.717) is 6.61 Å². The first-order chi connectivity index (χ1) is 7.74. The molecule has 90 valence electrons. The molecule has 0 aromatic carbocycles. The summed E-state index contributed by atoms with van der Waals surface area (Å²) in [4.78, 5) is 12.5. The summed E-state index contributed by atoms with van der Waals surface area (Å²) in [5.74, 6) is -0.170. The number of unbranched alkanes of at least 4 members (excludes halogenated alkanes) is 1. The molecule has 0 aliphatic heterocycles. The van der Waals surface area contributed by atoms with Gasteiger partial charge in [0, 0.05) is 10.9 Å². The van der Waals surface area contributed by atoms with Gasteiger partial charge in [-0.3, -0.25) is 10.1 Å². The minimum atomic E-state index is -0.170. The fourth-order valence-electron chi connectivity index (χ4n) is 1.26. The predicted octanol–water partition coefficient (Wildman–Crippen LogP) is 2.74. The normalized spacial score (nSPS) is 12.4. The largest absolute Gasteiger partial charge is 0.465 e. The van der Waals surface area contributed by atoms with Gasteiger partial charge < -0.3 is 4.74 Å². The Morgan fingerprint density at radius 3 is 3.06 bits per heavy atom. The Labute approximate surface area is 101 Å². The smallest absolute Gasteiger partial charge is 0.319 e. The van der Waals surface area contributed by atoms with Crippen LogP contribution >= 0.6 is 11.3 Å². The van der Waals surface area contributed by atoms with Crippen LogP contribution in [0.3, 0.4) is 0 Å². The molecule has 0 bridgehead atoms. The average molecular weight is 241 g/mol. The summed E-state index contributed by atoms with van der Waals surface area (Å²) < 4.78 is 5.05. The molecule has 1 aromatic heterocycles. The van der Waals surface area contributed by atoms with Crippen molar-refractivity contribution in [1.82, 2.24) is 5.32 Å². The van der Waals surface area contributed by atoms with Crippen LogP contribution in [0, 0.1) is 0 Å². The van der Waals surface area contributed by atoms with Crippen LogP contribution in [-0.4, -0.2) is 19.1 Å². The third-order valence-electron chi connectivity index (χ3n) is 2.28. The Kier molecular flexibility index (Phi) is 6.11. The van der Waals surface area contributed by atoms with Gasteiger partial charge in [-0.25, -0.2) is 0 Å². The molecule has 1 N–H and O–H groups in total. The molecule has 1 aromatic rings. The van der Waals surface area contributed by atoms with Crippen LogP contribution in [0.1, 0.15) is 37.6 Å². The monoisotopic (exact) mass is 241 g/mol. The van der Waals surface area contributed by atoms with E-state index < -0.39 is 0 Å². The van der Waals surface area contributed by atoms with Crippen LogP contribution in [0.5, 0.6) is 0 Å².